The van der Waals surface area contributed by atoms with Crippen LogP contribution in [0.25, 0.3) is 0 Å². The van der Waals surface area contributed by atoms with Gasteiger partial charge >= 0.3 is 0 Å². The van der Waals surface area contributed by atoms with Crippen molar-refractivity contribution in [1.82, 2.24) is 4.90 Å². The smallest absolute Gasteiger partial charge is 0.282 e. The van der Waals surface area contributed by atoms with Crippen LogP contribution in [0.15, 0.2) is 24.3 Å². The van der Waals surface area contributed by atoms with Crippen LogP contribution in [0.2, 0.25) is 0 Å². The molecule has 1 fully saturated rings. The minimum absolute atomic E-state index is 0.314. The lowest BCUT2D eigenvalue weighted by Gasteiger charge is -2.38. The maximum absolute atomic E-state index is 12.6. The number of nitrogens with zero attached hydrogens (tertiary/aromatic N) is 1. The summed E-state index contributed by atoms with van der Waals surface area (Å²) in [5.41, 5.74) is 1.61. The Hall–Kier alpha value is -1.45. The predicted octanol–water partition coefficient (Wildman–Crippen LogP) is 2.90. The van der Waals surface area contributed by atoms with Crippen LogP contribution in [-0.2, 0) is 0 Å². The van der Waals surface area contributed by atoms with E-state index in [2.05, 4.69) is 13.8 Å². The Kier molecular flexibility index (Phi) is 2.89. The Balaban J connectivity index is 2.06. The molecule has 0 saturated carbocycles. The van der Waals surface area contributed by atoms with Gasteiger partial charge in [-0.05, 0) is 23.6 Å². The second-order valence-corrected chi connectivity index (χ2v) is 4.79. The van der Waals surface area contributed by atoms with Gasteiger partial charge in [0.15, 0.2) is 0 Å². The average Bonchev–Trinajstić information content (AvgIpc) is 2.25. The monoisotopic (exact) mass is 239 g/mol. The van der Waals surface area contributed by atoms with Crippen molar-refractivity contribution in [3.63, 3.8) is 0 Å². The van der Waals surface area contributed by atoms with Crippen molar-refractivity contribution in [1.29, 1.82) is 0 Å². The van der Waals surface area contributed by atoms with E-state index in [4.69, 9.17) is 0 Å². The summed E-state index contributed by atoms with van der Waals surface area (Å²) in [5, 5.41) is 0. The number of likely N-dealkylation sites (tertiary alicyclic amines) is 1. The van der Waals surface area contributed by atoms with E-state index in [-0.39, 0.29) is 5.91 Å². The Labute approximate surface area is 99.2 Å². The van der Waals surface area contributed by atoms with E-state index in [1.165, 1.54) is 4.90 Å². The van der Waals surface area contributed by atoms with Gasteiger partial charge in [-0.1, -0.05) is 26.0 Å². The largest absolute Gasteiger partial charge is 0.326 e. The van der Waals surface area contributed by atoms with E-state index in [0.29, 0.717) is 11.5 Å². The maximum atomic E-state index is 12.6. The molecule has 0 atom stereocenters. The number of hydrogen-bond donors (Lipinski definition) is 0. The fourth-order valence-electron chi connectivity index (χ4n) is 1.85. The molecule has 0 N–H and O–H groups in total. The molecule has 1 saturated heterocycles. The molecule has 4 heteroatoms. The van der Waals surface area contributed by atoms with Crippen LogP contribution < -0.4 is 0 Å². The lowest BCUT2D eigenvalue weighted by atomic mass is 10.0. The molecule has 1 aromatic rings. The third-order valence-corrected chi connectivity index (χ3v) is 2.96. The van der Waals surface area contributed by atoms with Crippen molar-refractivity contribution < 1.29 is 13.6 Å². The molecule has 1 aliphatic rings. The summed E-state index contributed by atoms with van der Waals surface area (Å²) in [6.07, 6.45) is 0. The van der Waals surface area contributed by atoms with Gasteiger partial charge in [-0.2, -0.15) is 0 Å². The SMILES string of the molecule is CC(C)c1ccc(C(=O)N2CC(F)(F)C2)cc1. The molecular formula is C13H15F2NO. The van der Waals surface area contributed by atoms with Gasteiger partial charge in [0.1, 0.15) is 0 Å². The normalized spacial score (nSPS) is 18.1. The average molecular weight is 239 g/mol. The standard InChI is InChI=1S/C13H15F2NO/c1-9(2)10-3-5-11(6-4-10)12(17)16-7-13(14,15)8-16/h3-6,9H,7-8H2,1-2H3. The van der Waals surface area contributed by atoms with Gasteiger partial charge in [-0.15, -0.1) is 0 Å². The number of carbonyl (C=O) groups is 1. The van der Waals surface area contributed by atoms with Gasteiger partial charge < -0.3 is 4.90 Å². The van der Waals surface area contributed by atoms with Crippen molar-refractivity contribution in [2.45, 2.75) is 25.7 Å². The lowest BCUT2D eigenvalue weighted by Crippen LogP contribution is -2.58. The highest BCUT2D eigenvalue weighted by Gasteiger charge is 2.46. The first kappa shape index (κ1) is 12.0. The molecule has 0 unspecified atom stereocenters. The van der Waals surface area contributed by atoms with Crippen LogP contribution in [-0.4, -0.2) is 29.8 Å². The number of alkyl halides is 2. The van der Waals surface area contributed by atoms with Crippen LogP contribution in [0.3, 0.4) is 0 Å². The summed E-state index contributed by atoms with van der Waals surface area (Å²) in [5.74, 6) is -2.62. The molecule has 0 bridgehead atoms. The summed E-state index contributed by atoms with van der Waals surface area (Å²) >= 11 is 0. The first-order valence-corrected chi connectivity index (χ1v) is 5.66. The molecule has 0 radical (unpaired) electrons. The van der Waals surface area contributed by atoms with Gasteiger partial charge in [0.25, 0.3) is 11.8 Å². The Bertz CT molecular complexity index is 418. The second kappa shape index (κ2) is 4.09. The van der Waals surface area contributed by atoms with Crippen LogP contribution in [0.4, 0.5) is 8.78 Å². The van der Waals surface area contributed by atoms with Crippen LogP contribution in [0.1, 0.15) is 35.7 Å². The molecule has 0 aliphatic carbocycles. The first-order chi connectivity index (χ1) is 7.89. The Morgan fingerprint density at radius 2 is 1.76 bits per heavy atom. The number of carbonyl (C=O) groups excluding carboxylic acids is 1. The van der Waals surface area contributed by atoms with E-state index in [1.54, 1.807) is 12.1 Å². The quantitative estimate of drug-likeness (QED) is 0.777. The minimum atomic E-state index is -2.70. The highest BCUT2D eigenvalue weighted by molar-refractivity contribution is 5.94. The molecule has 2 rings (SSSR count). The zero-order valence-corrected chi connectivity index (χ0v) is 9.91. The van der Waals surface area contributed by atoms with Crippen LogP contribution >= 0.6 is 0 Å². The Morgan fingerprint density at radius 1 is 1.24 bits per heavy atom. The van der Waals surface area contributed by atoms with Crippen LogP contribution in [0, 0.1) is 0 Å². The fraction of sp³-hybridized carbons (Fsp3) is 0.462. The topological polar surface area (TPSA) is 20.3 Å². The van der Waals surface area contributed by atoms with Crippen molar-refractivity contribution in [3.8, 4) is 0 Å². The summed E-state index contributed by atoms with van der Waals surface area (Å²) in [4.78, 5) is 13.0. The van der Waals surface area contributed by atoms with Crippen LogP contribution in [0.5, 0.6) is 0 Å². The van der Waals surface area contributed by atoms with Gasteiger partial charge in [0, 0.05) is 5.56 Å². The predicted molar refractivity (Wildman–Crippen MR) is 61.4 cm³/mol. The van der Waals surface area contributed by atoms with Crippen molar-refractivity contribution in [3.05, 3.63) is 35.4 Å². The van der Waals surface area contributed by atoms with E-state index < -0.39 is 19.0 Å². The second-order valence-electron chi connectivity index (χ2n) is 4.79. The van der Waals surface area contributed by atoms with Crippen molar-refractivity contribution >= 4 is 5.91 Å². The third-order valence-electron chi connectivity index (χ3n) is 2.96. The van der Waals surface area contributed by atoms with Gasteiger partial charge in [-0.3, -0.25) is 4.79 Å². The number of hydrogen-bond acceptors (Lipinski definition) is 1. The molecule has 0 aromatic heterocycles. The van der Waals surface area contributed by atoms with Gasteiger partial charge in [0.2, 0.25) is 0 Å². The Morgan fingerprint density at radius 3 is 2.18 bits per heavy atom. The molecule has 92 valence electrons. The van der Waals surface area contributed by atoms with Crippen molar-refractivity contribution in [2.24, 2.45) is 0 Å². The van der Waals surface area contributed by atoms with E-state index >= 15 is 0 Å². The summed E-state index contributed by atoms with van der Waals surface area (Å²) < 4.78 is 25.3. The fourth-order valence-corrected chi connectivity index (χ4v) is 1.85. The van der Waals surface area contributed by atoms with Gasteiger partial charge in [0.05, 0.1) is 13.1 Å². The molecule has 1 aromatic carbocycles. The highest BCUT2D eigenvalue weighted by atomic mass is 19.3. The molecule has 1 aliphatic heterocycles. The molecule has 1 heterocycles. The number of benzene rings is 1. The molecule has 2 nitrogen and oxygen atoms in total. The zero-order chi connectivity index (χ0) is 12.6. The maximum Gasteiger partial charge on any atom is 0.282 e. The molecule has 0 spiro atoms. The van der Waals surface area contributed by atoms with E-state index in [1.807, 2.05) is 12.1 Å². The molecule has 1 amide bonds. The summed E-state index contributed by atoms with van der Waals surface area (Å²) in [6.45, 7) is 3.20. The van der Waals surface area contributed by atoms with E-state index in [9.17, 15) is 13.6 Å². The highest BCUT2D eigenvalue weighted by Crippen LogP contribution is 2.28. The number of amides is 1. The lowest BCUT2D eigenvalue weighted by molar-refractivity contribution is -0.113. The number of halogens is 2. The number of rotatable bonds is 2. The zero-order valence-electron chi connectivity index (χ0n) is 9.91. The van der Waals surface area contributed by atoms with E-state index in [0.717, 1.165) is 5.56 Å². The molecular weight excluding hydrogens is 224 g/mol. The summed E-state index contributed by atoms with van der Waals surface area (Å²) in [6, 6.07) is 7.15. The third kappa shape index (κ3) is 2.46. The van der Waals surface area contributed by atoms with Crippen molar-refractivity contribution in [2.75, 3.05) is 13.1 Å². The minimum Gasteiger partial charge on any atom is -0.326 e. The van der Waals surface area contributed by atoms with Gasteiger partial charge in [-0.25, -0.2) is 8.78 Å². The summed E-state index contributed by atoms with van der Waals surface area (Å²) in [7, 11) is 0. The first-order valence-electron chi connectivity index (χ1n) is 5.66. The molecule has 17 heavy (non-hydrogen) atoms.